The number of urea groups is 1. The molecule has 2 amide bonds. The Hall–Kier alpha value is -2.00. The van der Waals surface area contributed by atoms with Gasteiger partial charge in [-0.15, -0.1) is 10.2 Å². The van der Waals surface area contributed by atoms with Crippen LogP contribution in [0.15, 0.2) is 28.2 Å². The van der Waals surface area contributed by atoms with E-state index in [1.54, 1.807) is 6.07 Å². The summed E-state index contributed by atoms with van der Waals surface area (Å²) in [4.78, 5) is 22.7. The van der Waals surface area contributed by atoms with Crippen molar-refractivity contribution >= 4 is 50.1 Å². The molecule has 98 valence electrons. The lowest BCUT2D eigenvalue weighted by molar-refractivity contribution is 0.0698. The molecule has 0 aliphatic heterocycles. The molecule has 0 aliphatic carbocycles. The van der Waals surface area contributed by atoms with Crippen molar-refractivity contribution in [3.8, 4) is 0 Å². The number of carbonyl (C=O) groups excluding carboxylic acids is 1. The molecule has 1 aromatic heterocycles. The van der Waals surface area contributed by atoms with E-state index >= 15 is 0 Å². The Balaban J connectivity index is 2.16. The average Bonchev–Trinajstić information content (AvgIpc) is 2.81. The summed E-state index contributed by atoms with van der Waals surface area (Å²) in [5, 5.41) is 21.4. The first-order chi connectivity index (χ1) is 9.06. The number of anilines is 2. The molecule has 0 bridgehead atoms. The molecule has 2 rings (SSSR count). The molecule has 0 fully saturated rings. The highest BCUT2D eigenvalue weighted by Gasteiger charge is 2.13. The monoisotopic (exact) mass is 342 g/mol. The second-order valence-electron chi connectivity index (χ2n) is 3.32. The van der Waals surface area contributed by atoms with Gasteiger partial charge < -0.3 is 10.4 Å². The van der Waals surface area contributed by atoms with E-state index in [9.17, 15) is 9.59 Å². The molecule has 0 saturated carbocycles. The lowest BCUT2D eigenvalue weighted by Gasteiger charge is -2.08. The van der Waals surface area contributed by atoms with Crippen molar-refractivity contribution in [3.63, 3.8) is 0 Å². The molecular formula is C10H7BrN4O3S. The number of halogens is 1. The van der Waals surface area contributed by atoms with Gasteiger partial charge in [0.05, 0.1) is 11.3 Å². The van der Waals surface area contributed by atoms with E-state index < -0.39 is 12.0 Å². The van der Waals surface area contributed by atoms with Crippen LogP contribution >= 0.6 is 27.3 Å². The fraction of sp³-hybridized carbons (Fsp3) is 0. The molecule has 0 spiro atoms. The number of benzene rings is 1. The summed E-state index contributed by atoms with van der Waals surface area (Å²) in [5.74, 6) is -1.13. The van der Waals surface area contributed by atoms with Gasteiger partial charge >= 0.3 is 12.0 Å². The maximum atomic E-state index is 11.7. The van der Waals surface area contributed by atoms with Gasteiger partial charge in [-0.1, -0.05) is 27.3 Å². The van der Waals surface area contributed by atoms with Crippen molar-refractivity contribution in [2.75, 3.05) is 10.6 Å². The summed E-state index contributed by atoms with van der Waals surface area (Å²) >= 11 is 4.37. The van der Waals surface area contributed by atoms with E-state index in [1.807, 2.05) is 0 Å². The minimum absolute atomic E-state index is 0.00406. The molecule has 1 aromatic carbocycles. The van der Waals surface area contributed by atoms with Crippen LogP contribution in [0.2, 0.25) is 0 Å². The molecule has 9 heteroatoms. The Morgan fingerprint density at radius 2 is 2.11 bits per heavy atom. The van der Waals surface area contributed by atoms with Crippen molar-refractivity contribution < 1.29 is 14.7 Å². The molecule has 0 saturated heterocycles. The molecule has 3 N–H and O–H groups in total. The van der Waals surface area contributed by atoms with Crippen molar-refractivity contribution in [3.05, 3.63) is 33.7 Å². The number of amides is 2. The highest BCUT2D eigenvalue weighted by Crippen LogP contribution is 2.22. The normalized spacial score (nSPS) is 9.95. The SMILES string of the molecule is O=C(Nc1nncs1)Nc1cc(Br)ccc1C(=O)O. The van der Waals surface area contributed by atoms with Crippen LogP contribution in [0.1, 0.15) is 10.4 Å². The van der Waals surface area contributed by atoms with Crippen LogP contribution < -0.4 is 10.6 Å². The molecule has 19 heavy (non-hydrogen) atoms. The lowest BCUT2D eigenvalue weighted by Crippen LogP contribution is -2.21. The van der Waals surface area contributed by atoms with E-state index in [0.717, 1.165) is 11.3 Å². The van der Waals surface area contributed by atoms with E-state index in [1.165, 1.54) is 17.6 Å². The number of nitrogens with one attached hydrogen (secondary N) is 2. The predicted molar refractivity (Wildman–Crippen MR) is 73.7 cm³/mol. The highest BCUT2D eigenvalue weighted by molar-refractivity contribution is 9.10. The first kappa shape index (κ1) is 13.4. The van der Waals surface area contributed by atoms with Crippen molar-refractivity contribution in [2.24, 2.45) is 0 Å². The molecule has 1 heterocycles. The van der Waals surface area contributed by atoms with Gasteiger partial charge in [0.1, 0.15) is 5.51 Å². The minimum atomic E-state index is -1.13. The summed E-state index contributed by atoms with van der Waals surface area (Å²) in [6.45, 7) is 0. The molecule has 2 aromatic rings. The number of carbonyl (C=O) groups is 2. The van der Waals surface area contributed by atoms with Crippen molar-refractivity contribution in [2.45, 2.75) is 0 Å². The van der Waals surface area contributed by atoms with Crippen LogP contribution in [0.3, 0.4) is 0 Å². The molecule has 7 nitrogen and oxygen atoms in total. The smallest absolute Gasteiger partial charge is 0.337 e. The molecule has 0 atom stereocenters. The number of aromatic nitrogens is 2. The van der Waals surface area contributed by atoms with E-state index in [2.05, 4.69) is 36.8 Å². The van der Waals surface area contributed by atoms with Crippen LogP contribution in [0.25, 0.3) is 0 Å². The van der Waals surface area contributed by atoms with Gasteiger partial charge in [-0.25, -0.2) is 9.59 Å². The Morgan fingerprint density at radius 3 is 2.74 bits per heavy atom. The summed E-state index contributed by atoms with van der Waals surface area (Å²) in [6.07, 6.45) is 0. The summed E-state index contributed by atoms with van der Waals surface area (Å²) < 4.78 is 0.656. The zero-order valence-corrected chi connectivity index (χ0v) is 11.7. The summed E-state index contributed by atoms with van der Waals surface area (Å²) in [6, 6.07) is 3.89. The third-order valence-electron chi connectivity index (χ3n) is 2.04. The molecule has 0 radical (unpaired) electrons. The third-order valence-corrected chi connectivity index (χ3v) is 3.14. The van der Waals surface area contributed by atoms with Gasteiger partial charge in [0.2, 0.25) is 5.13 Å². The van der Waals surface area contributed by atoms with Crippen molar-refractivity contribution in [1.82, 2.24) is 10.2 Å². The van der Waals surface area contributed by atoms with Crippen LogP contribution in [-0.4, -0.2) is 27.3 Å². The maximum absolute atomic E-state index is 11.7. The Labute approximate surface area is 119 Å². The van der Waals surface area contributed by atoms with Gasteiger partial charge in [-0.3, -0.25) is 5.32 Å². The number of rotatable bonds is 3. The van der Waals surface area contributed by atoms with Gasteiger partial charge in [0.15, 0.2) is 0 Å². The zero-order valence-electron chi connectivity index (χ0n) is 9.25. The topological polar surface area (TPSA) is 104 Å². The zero-order chi connectivity index (χ0) is 13.8. The van der Waals surface area contributed by atoms with Gasteiger partial charge in [0.25, 0.3) is 0 Å². The van der Waals surface area contributed by atoms with Crippen LogP contribution in [0, 0.1) is 0 Å². The number of hydrogen-bond donors (Lipinski definition) is 3. The second kappa shape index (κ2) is 5.76. The molecule has 0 aliphatic rings. The first-order valence-electron chi connectivity index (χ1n) is 4.93. The minimum Gasteiger partial charge on any atom is -0.478 e. The summed E-state index contributed by atoms with van der Waals surface area (Å²) in [5.41, 5.74) is 1.65. The van der Waals surface area contributed by atoms with Crippen LogP contribution in [0.5, 0.6) is 0 Å². The average molecular weight is 343 g/mol. The summed E-state index contributed by atoms with van der Waals surface area (Å²) in [7, 11) is 0. The van der Waals surface area contributed by atoms with Gasteiger partial charge in [0, 0.05) is 4.47 Å². The number of carboxylic acids is 1. The largest absolute Gasteiger partial charge is 0.478 e. The molecule has 0 unspecified atom stereocenters. The Morgan fingerprint density at radius 1 is 1.32 bits per heavy atom. The number of hydrogen-bond acceptors (Lipinski definition) is 5. The third kappa shape index (κ3) is 3.48. The quantitative estimate of drug-likeness (QED) is 0.795. The Bertz CT molecular complexity index is 617. The van der Waals surface area contributed by atoms with E-state index in [-0.39, 0.29) is 11.3 Å². The Kier molecular flexibility index (Phi) is 4.07. The highest BCUT2D eigenvalue weighted by atomic mass is 79.9. The van der Waals surface area contributed by atoms with E-state index in [0.29, 0.717) is 9.60 Å². The molecular weight excluding hydrogens is 336 g/mol. The van der Waals surface area contributed by atoms with Crippen LogP contribution in [-0.2, 0) is 0 Å². The van der Waals surface area contributed by atoms with Crippen molar-refractivity contribution in [1.29, 1.82) is 0 Å². The predicted octanol–water partition coefficient (Wildman–Crippen LogP) is 2.64. The first-order valence-corrected chi connectivity index (χ1v) is 6.60. The lowest BCUT2D eigenvalue weighted by atomic mass is 10.2. The fourth-order valence-electron chi connectivity index (χ4n) is 1.28. The maximum Gasteiger partial charge on any atom is 0.337 e. The van der Waals surface area contributed by atoms with E-state index in [4.69, 9.17) is 5.11 Å². The number of nitrogens with zero attached hydrogens (tertiary/aromatic N) is 2. The standard InChI is InChI=1S/C10H7BrN4O3S/c11-5-1-2-6(8(16)17)7(3-5)13-9(18)14-10-15-12-4-19-10/h1-4H,(H,16,17)(H2,13,14,15,18). The number of aromatic carboxylic acids is 1. The second-order valence-corrected chi connectivity index (χ2v) is 5.07. The van der Waals surface area contributed by atoms with Gasteiger partial charge in [-0.05, 0) is 18.2 Å². The van der Waals surface area contributed by atoms with Gasteiger partial charge in [-0.2, -0.15) is 0 Å². The fourth-order valence-corrected chi connectivity index (χ4v) is 2.09. The number of carboxylic acid groups (broad SMARTS) is 1. The van der Waals surface area contributed by atoms with Crippen LogP contribution in [0.4, 0.5) is 15.6 Å².